The minimum absolute atomic E-state index is 0.00502. The van der Waals surface area contributed by atoms with Crippen molar-refractivity contribution in [2.45, 2.75) is 32.5 Å². The Morgan fingerprint density at radius 3 is 2.88 bits per heavy atom. The molecule has 3 aromatic rings. The minimum Gasteiger partial charge on any atom is -0.348 e. The number of amides is 1. The highest BCUT2D eigenvalue weighted by molar-refractivity contribution is 6.31. The first-order valence-corrected chi connectivity index (χ1v) is 8.41. The normalized spacial score (nSPS) is 12.1. The average molecular weight is 359 g/mol. The lowest BCUT2D eigenvalue weighted by molar-refractivity contribution is 0.0932. The first kappa shape index (κ1) is 17.2. The molecule has 1 N–H and O–H groups in total. The quantitative estimate of drug-likeness (QED) is 0.703. The highest BCUT2D eigenvalue weighted by Crippen LogP contribution is 2.15. The number of nitrogens with one attached hydrogen (secondary N) is 1. The van der Waals surface area contributed by atoms with Gasteiger partial charge in [0.1, 0.15) is 0 Å². The molecule has 0 fully saturated rings. The maximum absolute atomic E-state index is 12.3. The Balaban J connectivity index is 1.54. The summed E-state index contributed by atoms with van der Waals surface area (Å²) in [5.74, 6) is -0.238. The molecule has 1 atom stereocenters. The zero-order valence-electron chi connectivity index (χ0n) is 13.8. The molecule has 0 aliphatic heterocycles. The molecule has 0 aliphatic rings. The van der Waals surface area contributed by atoms with Crippen molar-refractivity contribution >= 4 is 17.5 Å². The second-order valence-corrected chi connectivity index (χ2v) is 6.23. The van der Waals surface area contributed by atoms with Gasteiger partial charge in [-0.05, 0) is 31.0 Å². The second-order valence-electron chi connectivity index (χ2n) is 5.83. The van der Waals surface area contributed by atoms with Crippen LogP contribution in [0.25, 0.3) is 0 Å². The molecule has 0 spiro atoms. The highest BCUT2D eigenvalue weighted by atomic mass is 35.5. The second kappa shape index (κ2) is 7.94. The first-order valence-electron chi connectivity index (χ1n) is 8.03. The van der Waals surface area contributed by atoms with Crippen molar-refractivity contribution in [2.24, 2.45) is 0 Å². The molecule has 1 aromatic carbocycles. The molecule has 7 nitrogen and oxygen atoms in total. The van der Waals surface area contributed by atoms with Gasteiger partial charge in [-0.2, -0.15) is 5.10 Å². The van der Waals surface area contributed by atoms with Crippen molar-refractivity contribution in [3.8, 4) is 0 Å². The van der Waals surface area contributed by atoms with Gasteiger partial charge in [-0.3, -0.25) is 9.48 Å². The summed E-state index contributed by atoms with van der Waals surface area (Å²) >= 11 is 6.14. The summed E-state index contributed by atoms with van der Waals surface area (Å²) in [5.41, 5.74) is 1.21. The van der Waals surface area contributed by atoms with Gasteiger partial charge in [0, 0.05) is 30.0 Å². The standard InChI is InChI=1S/C17H19ClN6O/c1-13(7-10-23-9-4-8-19-23)20-17(25)16-12-24(22-21-16)11-14-5-2-3-6-15(14)18/h2-6,8-9,12-13H,7,10-11H2,1H3,(H,20,25)/t13-/m0/s1. The molecule has 2 heterocycles. The Kier molecular flexibility index (Phi) is 5.45. The SMILES string of the molecule is C[C@@H](CCn1cccn1)NC(=O)c1cn(Cc2ccccc2Cl)nn1. The molecule has 0 bridgehead atoms. The maximum Gasteiger partial charge on any atom is 0.273 e. The van der Waals surface area contributed by atoms with Crippen molar-refractivity contribution in [1.29, 1.82) is 0 Å². The Hall–Kier alpha value is -2.67. The fourth-order valence-electron chi connectivity index (χ4n) is 2.41. The van der Waals surface area contributed by atoms with Crippen LogP contribution in [0, 0.1) is 0 Å². The van der Waals surface area contributed by atoms with Gasteiger partial charge >= 0.3 is 0 Å². The predicted octanol–water partition coefficient (Wildman–Crippen LogP) is 2.38. The summed E-state index contributed by atoms with van der Waals surface area (Å²) in [6.45, 7) is 3.16. The smallest absolute Gasteiger partial charge is 0.273 e. The molecule has 25 heavy (non-hydrogen) atoms. The van der Waals surface area contributed by atoms with Crippen LogP contribution in [0.2, 0.25) is 5.02 Å². The third kappa shape index (κ3) is 4.67. The molecule has 1 amide bonds. The summed E-state index contributed by atoms with van der Waals surface area (Å²) in [5, 5.41) is 15.7. The lowest BCUT2D eigenvalue weighted by Gasteiger charge is -2.12. The molecule has 3 rings (SSSR count). The summed E-state index contributed by atoms with van der Waals surface area (Å²) in [6, 6.07) is 9.40. The van der Waals surface area contributed by atoms with Crippen LogP contribution in [0.4, 0.5) is 0 Å². The van der Waals surface area contributed by atoms with E-state index in [4.69, 9.17) is 11.6 Å². The van der Waals surface area contributed by atoms with Gasteiger partial charge in [-0.15, -0.1) is 5.10 Å². The molecule has 0 saturated carbocycles. The number of aryl methyl sites for hydroxylation is 1. The highest BCUT2D eigenvalue weighted by Gasteiger charge is 2.14. The van der Waals surface area contributed by atoms with Crippen LogP contribution >= 0.6 is 11.6 Å². The van der Waals surface area contributed by atoms with Gasteiger partial charge < -0.3 is 5.32 Å². The number of hydrogen-bond donors (Lipinski definition) is 1. The van der Waals surface area contributed by atoms with Crippen molar-refractivity contribution in [3.05, 3.63) is 65.2 Å². The Labute approximate surface area is 150 Å². The predicted molar refractivity (Wildman–Crippen MR) is 94.3 cm³/mol. The van der Waals surface area contributed by atoms with Crippen LogP contribution in [-0.2, 0) is 13.1 Å². The number of aromatic nitrogens is 5. The van der Waals surface area contributed by atoms with Crippen LogP contribution in [0.5, 0.6) is 0 Å². The third-order valence-corrected chi connectivity index (χ3v) is 4.16. The van der Waals surface area contributed by atoms with Gasteiger partial charge in [-0.25, -0.2) is 4.68 Å². The van der Waals surface area contributed by atoms with Crippen LogP contribution in [0.15, 0.2) is 48.9 Å². The Morgan fingerprint density at radius 1 is 1.28 bits per heavy atom. The molecule has 8 heteroatoms. The van der Waals surface area contributed by atoms with E-state index in [0.717, 1.165) is 18.5 Å². The molecule has 0 aliphatic carbocycles. The van der Waals surface area contributed by atoms with E-state index in [1.165, 1.54) is 0 Å². The summed E-state index contributed by atoms with van der Waals surface area (Å²) in [4.78, 5) is 12.3. The largest absolute Gasteiger partial charge is 0.348 e. The fraction of sp³-hybridized carbons (Fsp3) is 0.294. The van der Waals surface area contributed by atoms with E-state index in [1.807, 2.05) is 48.1 Å². The van der Waals surface area contributed by atoms with E-state index < -0.39 is 0 Å². The third-order valence-electron chi connectivity index (χ3n) is 3.79. The summed E-state index contributed by atoms with van der Waals surface area (Å²) in [6.07, 6.45) is 6.04. The number of nitrogens with zero attached hydrogens (tertiary/aromatic N) is 5. The monoisotopic (exact) mass is 358 g/mol. The van der Waals surface area contributed by atoms with Crippen LogP contribution in [0.1, 0.15) is 29.4 Å². The van der Waals surface area contributed by atoms with E-state index >= 15 is 0 Å². The van der Waals surface area contributed by atoms with Gasteiger partial charge in [0.25, 0.3) is 5.91 Å². The van der Waals surface area contributed by atoms with E-state index in [1.54, 1.807) is 17.1 Å². The Morgan fingerprint density at radius 2 is 2.12 bits per heavy atom. The van der Waals surface area contributed by atoms with Crippen LogP contribution < -0.4 is 5.32 Å². The van der Waals surface area contributed by atoms with Gasteiger partial charge in [0.15, 0.2) is 5.69 Å². The minimum atomic E-state index is -0.238. The van der Waals surface area contributed by atoms with E-state index in [9.17, 15) is 4.79 Å². The van der Waals surface area contributed by atoms with E-state index in [-0.39, 0.29) is 17.6 Å². The molecule has 2 aromatic heterocycles. The molecule has 130 valence electrons. The van der Waals surface area contributed by atoms with Crippen LogP contribution in [0.3, 0.4) is 0 Å². The summed E-state index contributed by atoms with van der Waals surface area (Å²) < 4.78 is 3.44. The lowest BCUT2D eigenvalue weighted by Crippen LogP contribution is -2.33. The topological polar surface area (TPSA) is 77.6 Å². The zero-order chi connectivity index (χ0) is 17.6. The van der Waals surface area contributed by atoms with Crippen molar-refractivity contribution in [2.75, 3.05) is 0 Å². The fourth-order valence-corrected chi connectivity index (χ4v) is 2.60. The number of rotatable bonds is 7. The van der Waals surface area contributed by atoms with Crippen molar-refractivity contribution in [3.63, 3.8) is 0 Å². The van der Waals surface area contributed by atoms with Crippen LogP contribution in [-0.4, -0.2) is 36.7 Å². The molecular weight excluding hydrogens is 340 g/mol. The average Bonchev–Trinajstić information content (AvgIpc) is 3.27. The molecule has 0 radical (unpaired) electrons. The lowest BCUT2D eigenvalue weighted by atomic mass is 10.2. The number of carbonyl (C=O) groups is 1. The number of benzene rings is 1. The molecular formula is C17H19ClN6O. The van der Waals surface area contributed by atoms with Gasteiger partial charge in [-0.1, -0.05) is 35.0 Å². The van der Waals surface area contributed by atoms with Gasteiger partial charge in [0.05, 0.1) is 12.7 Å². The molecule has 0 unspecified atom stereocenters. The van der Waals surface area contributed by atoms with Gasteiger partial charge in [0.2, 0.25) is 0 Å². The number of hydrogen-bond acceptors (Lipinski definition) is 4. The number of halogens is 1. The van der Waals surface area contributed by atoms with Crippen molar-refractivity contribution in [1.82, 2.24) is 30.1 Å². The Bertz CT molecular complexity index is 829. The van der Waals surface area contributed by atoms with E-state index in [0.29, 0.717) is 11.6 Å². The zero-order valence-corrected chi connectivity index (χ0v) is 14.6. The van der Waals surface area contributed by atoms with Crippen molar-refractivity contribution < 1.29 is 4.79 Å². The molecule has 0 saturated heterocycles. The maximum atomic E-state index is 12.3. The first-order chi connectivity index (χ1) is 12.1. The van der Waals surface area contributed by atoms with E-state index in [2.05, 4.69) is 20.7 Å². The summed E-state index contributed by atoms with van der Waals surface area (Å²) in [7, 11) is 0. The number of carbonyl (C=O) groups excluding carboxylic acids is 1.